The van der Waals surface area contributed by atoms with Crippen LogP contribution in [0.15, 0.2) is 30.3 Å². The molecule has 1 aromatic carbocycles. The molecule has 0 saturated carbocycles. The lowest BCUT2D eigenvalue weighted by Crippen LogP contribution is -2.30. The predicted octanol–water partition coefficient (Wildman–Crippen LogP) is 1.92. The second-order valence-corrected chi connectivity index (χ2v) is 3.26. The van der Waals surface area contributed by atoms with E-state index in [4.69, 9.17) is 4.84 Å². The first-order chi connectivity index (χ1) is 8.24. The van der Waals surface area contributed by atoms with Crippen molar-refractivity contribution in [3.8, 4) is 0 Å². The van der Waals surface area contributed by atoms with Gasteiger partial charge in [-0.25, -0.2) is 5.06 Å². The summed E-state index contributed by atoms with van der Waals surface area (Å²) < 4.78 is 0. The van der Waals surface area contributed by atoms with Crippen LogP contribution in [0, 0.1) is 0 Å². The fraction of sp³-hybridized carbons (Fsp3) is 0.231. The Kier molecular flexibility index (Phi) is 5.10. The van der Waals surface area contributed by atoms with Gasteiger partial charge in [0.15, 0.2) is 0 Å². The van der Waals surface area contributed by atoms with Gasteiger partial charge in [-0.3, -0.25) is 14.4 Å². The molecule has 1 rings (SSSR count). The van der Waals surface area contributed by atoms with Gasteiger partial charge < -0.3 is 0 Å². The van der Waals surface area contributed by atoms with Crippen molar-refractivity contribution in [2.75, 3.05) is 13.7 Å². The van der Waals surface area contributed by atoms with Gasteiger partial charge in [0.05, 0.1) is 7.11 Å². The summed E-state index contributed by atoms with van der Waals surface area (Å²) in [6, 6.07) is 7.06. The Morgan fingerprint density at radius 1 is 1.41 bits per heavy atom. The van der Waals surface area contributed by atoms with Gasteiger partial charge in [-0.2, -0.15) is 0 Å². The molecule has 0 fully saturated rings. The third-order valence-corrected chi connectivity index (χ3v) is 2.28. The molecule has 0 saturated heterocycles. The average Bonchev–Trinajstić information content (AvgIpc) is 2.38. The highest BCUT2D eigenvalue weighted by Crippen LogP contribution is 2.13. The number of carbonyl (C=O) groups is 2. The lowest BCUT2D eigenvalue weighted by molar-refractivity contribution is -0.104. The topological polar surface area (TPSA) is 46.6 Å². The maximum Gasteiger partial charge on any atom is 0.278 e. The van der Waals surface area contributed by atoms with E-state index in [-0.39, 0.29) is 5.91 Å². The number of allylic oxidation sites excluding steroid dienone is 1. The number of carbonyl (C=O) groups excluding carboxylic acids is 2. The minimum absolute atomic E-state index is 0.221. The summed E-state index contributed by atoms with van der Waals surface area (Å²) in [4.78, 5) is 27.3. The van der Waals surface area contributed by atoms with Gasteiger partial charge in [0.2, 0.25) is 0 Å². The van der Waals surface area contributed by atoms with Gasteiger partial charge in [0.25, 0.3) is 5.91 Å². The van der Waals surface area contributed by atoms with Crippen molar-refractivity contribution in [3.05, 3.63) is 41.5 Å². The molecule has 0 aliphatic rings. The van der Waals surface area contributed by atoms with E-state index >= 15 is 0 Å². The minimum Gasteiger partial charge on any atom is -0.299 e. The zero-order valence-corrected chi connectivity index (χ0v) is 9.92. The molecule has 17 heavy (non-hydrogen) atoms. The van der Waals surface area contributed by atoms with Crippen LogP contribution in [0.25, 0.3) is 6.08 Å². The SMILES string of the molecule is CCN(OC)C(=O)c1ccccc1/C=C/C=O. The number of hydrogen-bond acceptors (Lipinski definition) is 3. The fourth-order valence-corrected chi connectivity index (χ4v) is 1.47. The molecule has 0 bridgehead atoms. The molecule has 0 unspecified atom stereocenters. The highest BCUT2D eigenvalue weighted by Gasteiger charge is 2.15. The molecule has 4 nitrogen and oxygen atoms in total. The summed E-state index contributed by atoms with van der Waals surface area (Å²) in [5.74, 6) is -0.221. The molecule has 0 aromatic heterocycles. The maximum atomic E-state index is 12.1. The molecule has 4 heteroatoms. The van der Waals surface area contributed by atoms with Crippen molar-refractivity contribution in [2.24, 2.45) is 0 Å². The molecular formula is C13H15NO3. The Labute approximate surface area is 100 Å². The van der Waals surface area contributed by atoms with Gasteiger partial charge in [-0.1, -0.05) is 24.3 Å². The van der Waals surface area contributed by atoms with E-state index in [1.54, 1.807) is 24.3 Å². The Morgan fingerprint density at radius 2 is 2.12 bits per heavy atom. The number of rotatable bonds is 5. The van der Waals surface area contributed by atoms with Crippen LogP contribution >= 0.6 is 0 Å². The lowest BCUT2D eigenvalue weighted by atomic mass is 10.1. The van der Waals surface area contributed by atoms with Crippen molar-refractivity contribution in [2.45, 2.75) is 6.92 Å². The third kappa shape index (κ3) is 3.26. The first-order valence-corrected chi connectivity index (χ1v) is 5.31. The van der Waals surface area contributed by atoms with Gasteiger partial charge in [-0.05, 0) is 24.6 Å². The van der Waals surface area contributed by atoms with Crippen molar-refractivity contribution < 1.29 is 14.4 Å². The Balaban J connectivity index is 3.08. The van der Waals surface area contributed by atoms with Crippen LogP contribution in [0.1, 0.15) is 22.8 Å². The monoisotopic (exact) mass is 233 g/mol. The quantitative estimate of drug-likeness (QED) is 0.443. The van der Waals surface area contributed by atoms with Crippen molar-refractivity contribution in [3.63, 3.8) is 0 Å². The summed E-state index contributed by atoms with van der Waals surface area (Å²) in [5, 5.41) is 1.26. The molecule has 0 aliphatic carbocycles. The molecule has 1 aromatic rings. The van der Waals surface area contributed by atoms with E-state index in [1.165, 1.54) is 18.2 Å². The standard InChI is InChI=1S/C13H15NO3/c1-3-14(17-2)13(16)12-9-5-4-7-11(12)8-6-10-15/h4-10H,3H2,1-2H3/b8-6+. The van der Waals surface area contributed by atoms with Crippen molar-refractivity contribution in [1.82, 2.24) is 5.06 Å². The smallest absolute Gasteiger partial charge is 0.278 e. The minimum atomic E-state index is -0.221. The second-order valence-electron chi connectivity index (χ2n) is 3.26. The first kappa shape index (κ1) is 13.1. The van der Waals surface area contributed by atoms with E-state index in [2.05, 4.69) is 0 Å². The van der Waals surface area contributed by atoms with E-state index in [0.717, 1.165) is 0 Å². The molecule has 0 atom stereocenters. The van der Waals surface area contributed by atoms with Gasteiger partial charge in [-0.15, -0.1) is 0 Å². The van der Waals surface area contributed by atoms with E-state index in [0.29, 0.717) is 24.0 Å². The van der Waals surface area contributed by atoms with E-state index < -0.39 is 0 Å². The highest BCUT2D eigenvalue weighted by atomic mass is 16.7. The number of benzene rings is 1. The van der Waals surface area contributed by atoms with Crippen LogP contribution in [0.2, 0.25) is 0 Å². The third-order valence-electron chi connectivity index (χ3n) is 2.28. The summed E-state index contributed by atoms with van der Waals surface area (Å²) in [6.45, 7) is 2.28. The van der Waals surface area contributed by atoms with Crippen molar-refractivity contribution >= 4 is 18.3 Å². The number of amides is 1. The maximum absolute atomic E-state index is 12.1. The number of hydroxylamine groups is 2. The highest BCUT2D eigenvalue weighted by molar-refractivity contribution is 5.97. The molecule has 0 spiro atoms. The van der Waals surface area contributed by atoms with Gasteiger partial charge >= 0.3 is 0 Å². The number of nitrogens with zero attached hydrogens (tertiary/aromatic N) is 1. The van der Waals surface area contributed by atoms with E-state index in [1.807, 2.05) is 13.0 Å². The molecule has 1 amide bonds. The van der Waals surface area contributed by atoms with Crippen molar-refractivity contribution in [1.29, 1.82) is 0 Å². The van der Waals surface area contributed by atoms with E-state index in [9.17, 15) is 9.59 Å². The first-order valence-electron chi connectivity index (χ1n) is 5.31. The Bertz CT molecular complexity index is 422. The molecule has 0 radical (unpaired) electrons. The number of hydrogen-bond donors (Lipinski definition) is 0. The van der Waals surface area contributed by atoms with Crippen LogP contribution in [-0.4, -0.2) is 30.9 Å². The Morgan fingerprint density at radius 3 is 2.71 bits per heavy atom. The van der Waals surface area contributed by atoms with Crippen LogP contribution in [0.4, 0.5) is 0 Å². The van der Waals surface area contributed by atoms with Crippen LogP contribution < -0.4 is 0 Å². The van der Waals surface area contributed by atoms with Crippen LogP contribution in [0.5, 0.6) is 0 Å². The normalized spacial score (nSPS) is 10.5. The summed E-state index contributed by atoms with van der Waals surface area (Å²) in [6.07, 6.45) is 3.63. The zero-order valence-electron chi connectivity index (χ0n) is 9.92. The molecule has 0 aliphatic heterocycles. The summed E-state index contributed by atoms with van der Waals surface area (Å²) >= 11 is 0. The zero-order chi connectivity index (χ0) is 12.7. The van der Waals surface area contributed by atoms with Crippen LogP contribution in [-0.2, 0) is 9.63 Å². The van der Waals surface area contributed by atoms with Gasteiger partial charge in [0.1, 0.15) is 6.29 Å². The average molecular weight is 233 g/mol. The van der Waals surface area contributed by atoms with Gasteiger partial charge in [0, 0.05) is 12.1 Å². The number of aldehydes is 1. The Hall–Kier alpha value is -1.94. The fourth-order valence-electron chi connectivity index (χ4n) is 1.47. The largest absolute Gasteiger partial charge is 0.299 e. The lowest BCUT2D eigenvalue weighted by Gasteiger charge is -2.18. The predicted molar refractivity (Wildman–Crippen MR) is 65.3 cm³/mol. The summed E-state index contributed by atoms with van der Waals surface area (Å²) in [5.41, 5.74) is 1.20. The molecule has 0 heterocycles. The summed E-state index contributed by atoms with van der Waals surface area (Å²) in [7, 11) is 1.45. The van der Waals surface area contributed by atoms with Crippen LogP contribution in [0.3, 0.4) is 0 Å². The molecular weight excluding hydrogens is 218 g/mol. The second kappa shape index (κ2) is 6.60. The molecule has 90 valence electrons. The molecule has 0 N–H and O–H groups in total.